The lowest BCUT2D eigenvalue weighted by atomic mass is 10.0. The molecule has 0 bridgehead atoms. The predicted octanol–water partition coefficient (Wildman–Crippen LogP) is 3.05. The van der Waals surface area contributed by atoms with Crippen LogP contribution in [0.3, 0.4) is 0 Å². The fourth-order valence-corrected chi connectivity index (χ4v) is 5.63. The predicted molar refractivity (Wildman–Crippen MR) is 103 cm³/mol. The van der Waals surface area contributed by atoms with Crippen molar-refractivity contribution >= 4 is 26.5 Å². The van der Waals surface area contributed by atoms with E-state index in [2.05, 4.69) is 28.9 Å². The zero-order chi connectivity index (χ0) is 18.3. The van der Waals surface area contributed by atoms with Crippen molar-refractivity contribution in [2.24, 2.45) is 0 Å². The van der Waals surface area contributed by atoms with Gasteiger partial charge in [0.15, 0.2) is 0 Å². The molecular formula is C18H24N4O2S2. The zero-order valence-corrected chi connectivity index (χ0v) is 16.8. The standard InChI is InChI=1S/C18H24N4O2S2/c1-13(2)14-5-7-16(8-6-14)26(23,24)22-11-9-21(10-12-22)18-20-19-17(25-18)15-3-4-15/h5-8,13,15H,3-4,9-12H2,1-2H3. The highest BCUT2D eigenvalue weighted by atomic mass is 32.2. The van der Waals surface area contributed by atoms with Crippen molar-refractivity contribution in [2.45, 2.75) is 43.4 Å². The first-order chi connectivity index (χ1) is 12.4. The van der Waals surface area contributed by atoms with Crippen molar-refractivity contribution in [3.8, 4) is 0 Å². The molecule has 1 aromatic carbocycles. The number of hydrogen-bond donors (Lipinski definition) is 0. The zero-order valence-electron chi connectivity index (χ0n) is 15.1. The minimum absolute atomic E-state index is 0.377. The SMILES string of the molecule is CC(C)c1ccc(S(=O)(=O)N2CCN(c3nnc(C4CC4)s3)CC2)cc1. The molecule has 1 saturated carbocycles. The minimum Gasteiger partial charge on any atom is -0.344 e. The highest BCUT2D eigenvalue weighted by molar-refractivity contribution is 7.89. The van der Waals surface area contributed by atoms with Gasteiger partial charge in [-0.1, -0.05) is 37.3 Å². The van der Waals surface area contributed by atoms with E-state index in [1.165, 1.54) is 12.8 Å². The molecule has 2 aromatic rings. The molecule has 0 radical (unpaired) electrons. The van der Waals surface area contributed by atoms with E-state index in [0.717, 1.165) is 15.7 Å². The second-order valence-electron chi connectivity index (χ2n) is 7.31. The minimum atomic E-state index is -3.43. The summed E-state index contributed by atoms with van der Waals surface area (Å²) >= 11 is 1.66. The summed E-state index contributed by atoms with van der Waals surface area (Å²) in [6.07, 6.45) is 2.44. The number of nitrogens with zero attached hydrogens (tertiary/aromatic N) is 4. The van der Waals surface area contributed by atoms with Gasteiger partial charge in [0.1, 0.15) is 5.01 Å². The molecule has 0 atom stereocenters. The van der Waals surface area contributed by atoms with Crippen molar-refractivity contribution < 1.29 is 8.42 Å². The third kappa shape index (κ3) is 3.50. The summed E-state index contributed by atoms with van der Waals surface area (Å²) in [6.45, 7) is 6.47. The van der Waals surface area contributed by atoms with Crippen LogP contribution in [0.15, 0.2) is 29.2 Å². The van der Waals surface area contributed by atoms with Gasteiger partial charge in [-0.3, -0.25) is 0 Å². The number of hydrogen-bond acceptors (Lipinski definition) is 6. The molecule has 26 heavy (non-hydrogen) atoms. The average molecular weight is 393 g/mol. The van der Waals surface area contributed by atoms with Gasteiger partial charge in [0.05, 0.1) is 4.90 Å². The Kier molecular flexibility index (Phi) is 4.75. The van der Waals surface area contributed by atoms with E-state index in [-0.39, 0.29) is 0 Å². The van der Waals surface area contributed by atoms with Gasteiger partial charge < -0.3 is 4.90 Å². The summed E-state index contributed by atoms with van der Waals surface area (Å²) in [5.74, 6) is 1.000. The Balaban J connectivity index is 1.42. The summed E-state index contributed by atoms with van der Waals surface area (Å²) in [5.41, 5.74) is 1.15. The van der Waals surface area contributed by atoms with Crippen molar-refractivity contribution in [1.82, 2.24) is 14.5 Å². The molecule has 0 spiro atoms. The first-order valence-corrected chi connectivity index (χ1v) is 11.4. The molecule has 1 aliphatic heterocycles. The average Bonchev–Trinajstić information content (AvgIpc) is 3.39. The lowest BCUT2D eigenvalue weighted by molar-refractivity contribution is 0.384. The largest absolute Gasteiger partial charge is 0.344 e. The van der Waals surface area contributed by atoms with Crippen molar-refractivity contribution in [3.63, 3.8) is 0 Å². The van der Waals surface area contributed by atoms with Crippen LogP contribution in [0, 0.1) is 0 Å². The fourth-order valence-electron chi connectivity index (χ4n) is 3.14. The van der Waals surface area contributed by atoms with Crippen LogP contribution in [0.5, 0.6) is 0 Å². The summed E-state index contributed by atoms with van der Waals surface area (Å²) in [4.78, 5) is 2.53. The Hall–Kier alpha value is -1.51. The van der Waals surface area contributed by atoms with Crippen molar-refractivity contribution in [1.29, 1.82) is 0 Å². The Morgan fingerprint density at radius 1 is 1.04 bits per heavy atom. The van der Waals surface area contributed by atoms with Crippen LogP contribution in [-0.2, 0) is 10.0 Å². The van der Waals surface area contributed by atoms with Crippen LogP contribution < -0.4 is 4.90 Å². The van der Waals surface area contributed by atoms with Gasteiger partial charge in [0.2, 0.25) is 15.2 Å². The number of sulfonamides is 1. The molecule has 1 aromatic heterocycles. The molecule has 4 rings (SSSR count). The molecule has 140 valence electrons. The topological polar surface area (TPSA) is 66.4 Å². The van der Waals surface area contributed by atoms with Gasteiger partial charge in [-0.2, -0.15) is 4.31 Å². The molecule has 1 saturated heterocycles. The summed E-state index contributed by atoms with van der Waals surface area (Å²) in [5, 5.41) is 10.6. The van der Waals surface area contributed by atoms with E-state index >= 15 is 0 Å². The van der Waals surface area contributed by atoms with E-state index in [4.69, 9.17) is 0 Å². The number of rotatable bonds is 5. The van der Waals surface area contributed by atoms with E-state index < -0.39 is 10.0 Å². The molecule has 2 aliphatic rings. The third-order valence-electron chi connectivity index (χ3n) is 5.05. The van der Waals surface area contributed by atoms with Crippen LogP contribution in [0.1, 0.15) is 49.1 Å². The van der Waals surface area contributed by atoms with Gasteiger partial charge in [0, 0.05) is 32.1 Å². The highest BCUT2D eigenvalue weighted by Gasteiger charge is 2.31. The Labute approximate surface area is 158 Å². The van der Waals surface area contributed by atoms with Gasteiger partial charge in [-0.05, 0) is 36.5 Å². The van der Waals surface area contributed by atoms with Crippen LogP contribution in [0.2, 0.25) is 0 Å². The normalized spacial score (nSPS) is 19.3. The maximum atomic E-state index is 12.9. The van der Waals surface area contributed by atoms with Crippen molar-refractivity contribution in [2.75, 3.05) is 31.1 Å². The van der Waals surface area contributed by atoms with Gasteiger partial charge in [-0.15, -0.1) is 10.2 Å². The summed E-state index contributed by atoms with van der Waals surface area (Å²) in [7, 11) is -3.43. The maximum Gasteiger partial charge on any atom is 0.243 e. The van der Waals surface area contributed by atoms with Crippen LogP contribution in [-0.4, -0.2) is 49.1 Å². The van der Waals surface area contributed by atoms with E-state index in [9.17, 15) is 8.42 Å². The lowest BCUT2D eigenvalue weighted by Gasteiger charge is -2.33. The molecule has 0 amide bonds. The number of piperazine rings is 1. The monoisotopic (exact) mass is 392 g/mol. The summed E-state index contributed by atoms with van der Waals surface area (Å²) in [6, 6.07) is 7.27. The lowest BCUT2D eigenvalue weighted by Crippen LogP contribution is -2.48. The molecule has 0 unspecified atom stereocenters. The summed E-state index contributed by atoms with van der Waals surface area (Å²) < 4.78 is 27.4. The Morgan fingerprint density at radius 2 is 1.69 bits per heavy atom. The van der Waals surface area contributed by atoms with Gasteiger partial charge in [-0.25, -0.2) is 8.42 Å². The van der Waals surface area contributed by atoms with Gasteiger partial charge >= 0.3 is 0 Å². The van der Waals surface area contributed by atoms with E-state index in [1.807, 2.05) is 12.1 Å². The highest BCUT2D eigenvalue weighted by Crippen LogP contribution is 2.42. The molecule has 0 N–H and O–H groups in total. The third-order valence-corrected chi connectivity index (χ3v) is 8.11. The molecule has 1 aliphatic carbocycles. The maximum absolute atomic E-state index is 12.9. The van der Waals surface area contributed by atoms with Crippen LogP contribution >= 0.6 is 11.3 Å². The second-order valence-corrected chi connectivity index (χ2v) is 10.2. The second kappa shape index (κ2) is 6.90. The Morgan fingerprint density at radius 3 is 2.27 bits per heavy atom. The van der Waals surface area contributed by atoms with Gasteiger partial charge in [0.25, 0.3) is 0 Å². The van der Waals surface area contributed by atoms with Crippen molar-refractivity contribution in [3.05, 3.63) is 34.8 Å². The smallest absolute Gasteiger partial charge is 0.243 e. The molecular weight excluding hydrogens is 368 g/mol. The number of benzene rings is 1. The number of anilines is 1. The molecule has 2 fully saturated rings. The molecule has 8 heteroatoms. The van der Waals surface area contributed by atoms with E-state index in [1.54, 1.807) is 27.8 Å². The van der Waals surface area contributed by atoms with Crippen LogP contribution in [0.25, 0.3) is 0 Å². The fraction of sp³-hybridized carbons (Fsp3) is 0.556. The molecule has 6 nitrogen and oxygen atoms in total. The van der Waals surface area contributed by atoms with E-state index in [0.29, 0.717) is 42.9 Å². The number of aromatic nitrogens is 2. The first kappa shape index (κ1) is 17.9. The Bertz CT molecular complexity index is 865. The quantitative estimate of drug-likeness (QED) is 0.782. The van der Waals surface area contributed by atoms with Crippen LogP contribution in [0.4, 0.5) is 5.13 Å². The first-order valence-electron chi connectivity index (χ1n) is 9.13. The molecule has 2 heterocycles.